The largest absolute Gasteiger partial charge is 0.396 e. The van der Waals surface area contributed by atoms with Crippen LogP contribution in [-0.4, -0.2) is 28.9 Å². The molecule has 1 amide bonds. The van der Waals surface area contributed by atoms with Crippen LogP contribution in [-0.2, 0) is 4.79 Å². The molecule has 112 valence electrons. The predicted molar refractivity (Wildman–Crippen MR) is 85.3 cm³/mol. The molecular formula is C15H22ClNO2S. The van der Waals surface area contributed by atoms with E-state index in [-0.39, 0.29) is 18.1 Å². The lowest BCUT2D eigenvalue weighted by Crippen LogP contribution is -2.46. The molecule has 0 spiro atoms. The van der Waals surface area contributed by atoms with Gasteiger partial charge in [-0.25, -0.2) is 0 Å². The molecule has 0 saturated carbocycles. The Labute approximate surface area is 130 Å². The quantitative estimate of drug-likeness (QED) is 0.722. The Bertz CT molecular complexity index is 424. The van der Waals surface area contributed by atoms with Crippen LogP contribution in [0.3, 0.4) is 0 Å². The van der Waals surface area contributed by atoms with Crippen LogP contribution in [0.4, 0.5) is 0 Å². The zero-order chi connectivity index (χ0) is 15.0. The predicted octanol–water partition coefficient (Wildman–Crippen LogP) is 3.49. The number of halogens is 1. The molecule has 2 N–H and O–H groups in total. The third-order valence-electron chi connectivity index (χ3n) is 3.30. The molecule has 0 aromatic heterocycles. The average molecular weight is 316 g/mol. The van der Waals surface area contributed by atoms with Crippen molar-refractivity contribution in [1.29, 1.82) is 0 Å². The van der Waals surface area contributed by atoms with Crippen molar-refractivity contribution in [2.75, 3.05) is 12.4 Å². The van der Waals surface area contributed by atoms with Crippen LogP contribution in [0.25, 0.3) is 0 Å². The van der Waals surface area contributed by atoms with E-state index in [4.69, 9.17) is 16.7 Å². The second-order valence-corrected chi connectivity index (χ2v) is 6.59. The average Bonchev–Trinajstić information content (AvgIpc) is 2.41. The van der Waals surface area contributed by atoms with Gasteiger partial charge in [0.15, 0.2) is 0 Å². The highest BCUT2D eigenvalue weighted by atomic mass is 35.5. The van der Waals surface area contributed by atoms with E-state index in [0.717, 1.165) is 22.1 Å². The van der Waals surface area contributed by atoms with Gasteiger partial charge in [-0.2, -0.15) is 0 Å². The Hall–Kier alpha value is -0.710. The minimum Gasteiger partial charge on any atom is -0.396 e. The van der Waals surface area contributed by atoms with E-state index in [2.05, 4.69) is 5.32 Å². The Kier molecular flexibility index (Phi) is 7.41. The molecule has 0 aliphatic rings. The molecule has 1 aromatic rings. The first-order valence-corrected chi connectivity index (χ1v) is 8.15. The van der Waals surface area contributed by atoms with Gasteiger partial charge in [-0.3, -0.25) is 4.79 Å². The number of aliphatic hydroxyl groups excluding tert-OH is 1. The van der Waals surface area contributed by atoms with E-state index >= 15 is 0 Å². The van der Waals surface area contributed by atoms with Gasteiger partial charge >= 0.3 is 0 Å². The van der Waals surface area contributed by atoms with Crippen LogP contribution in [0, 0.1) is 0 Å². The maximum Gasteiger partial charge on any atom is 0.221 e. The number of aliphatic hydroxyl groups is 1. The van der Waals surface area contributed by atoms with Gasteiger partial charge in [0.1, 0.15) is 0 Å². The number of thioether (sulfide) groups is 1. The highest BCUT2D eigenvalue weighted by Gasteiger charge is 2.23. The highest BCUT2D eigenvalue weighted by Crippen LogP contribution is 2.21. The smallest absolute Gasteiger partial charge is 0.221 e. The fourth-order valence-corrected chi connectivity index (χ4v) is 2.74. The molecular weight excluding hydrogens is 294 g/mol. The van der Waals surface area contributed by atoms with Gasteiger partial charge in [0.25, 0.3) is 0 Å². The zero-order valence-corrected chi connectivity index (χ0v) is 13.6. The third kappa shape index (κ3) is 6.16. The molecule has 0 aliphatic carbocycles. The van der Waals surface area contributed by atoms with Crippen LogP contribution in [0.1, 0.15) is 33.1 Å². The van der Waals surface area contributed by atoms with E-state index < -0.39 is 0 Å². The van der Waals surface area contributed by atoms with E-state index in [1.165, 1.54) is 0 Å². The first-order valence-electron chi connectivity index (χ1n) is 6.79. The fourth-order valence-electron chi connectivity index (χ4n) is 1.77. The summed E-state index contributed by atoms with van der Waals surface area (Å²) >= 11 is 7.46. The van der Waals surface area contributed by atoms with E-state index in [1.54, 1.807) is 11.8 Å². The summed E-state index contributed by atoms with van der Waals surface area (Å²) in [6, 6.07) is 7.60. The molecule has 1 unspecified atom stereocenters. The van der Waals surface area contributed by atoms with Gasteiger partial charge in [0, 0.05) is 34.2 Å². The van der Waals surface area contributed by atoms with Crippen molar-refractivity contribution < 1.29 is 9.90 Å². The lowest BCUT2D eigenvalue weighted by atomic mass is 9.95. The molecule has 0 saturated heterocycles. The number of hydrogen-bond donors (Lipinski definition) is 2. The fraction of sp³-hybridized carbons (Fsp3) is 0.533. The van der Waals surface area contributed by atoms with E-state index in [0.29, 0.717) is 12.8 Å². The van der Waals surface area contributed by atoms with Gasteiger partial charge in [-0.05, 0) is 44.0 Å². The lowest BCUT2D eigenvalue weighted by Gasteiger charge is -2.29. The van der Waals surface area contributed by atoms with Crippen LogP contribution >= 0.6 is 23.4 Å². The van der Waals surface area contributed by atoms with Crippen molar-refractivity contribution in [3.8, 4) is 0 Å². The number of carbonyl (C=O) groups excluding carboxylic acids is 1. The molecule has 20 heavy (non-hydrogen) atoms. The lowest BCUT2D eigenvalue weighted by molar-refractivity contribution is -0.122. The Morgan fingerprint density at radius 1 is 1.40 bits per heavy atom. The van der Waals surface area contributed by atoms with Gasteiger partial charge < -0.3 is 10.4 Å². The third-order valence-corrected chi connectivity index (χ3v) is 4.56. The van der Waals surface area contributed by atoms with Gasteiger partial charge in [-0.1, -0.05) is 18.5 Å². The monoisotopic (exact) mass is 315 g/mol. The summed E-state index contributed by atoms with van der Waals surface area (Å²) in [6.45, 7) is 4.07. The maximum absolute atomic E-state index is 11.9. The topological polar surface area (TPSA) is 49.3 Å². The Balaban J connectivity index is 2.34. The summed E-state index contributed by atoms with van der Waals surface area (Å²) in [7, 11) is 0. The number of nitrogens with one attached hydrogen (secondary N) is 1. The number of benzene rings is 1. The second kappa shape index (κ2) is 8.55. The first-order chi connectivity index (χ1) is 9.49. The molecule has 0 heterocycles. The molecule has 0 radical (unpaired) electrons. The Morgan fingerprint density at radius 3 is 2.60 bits per heavy atom. The minimum absolute atomic E-state index is 0.0317. The van der Waals surface area contributed by atoms with Crippen molar-refractivity contribution in [1.82, 2.24) is 5.32 Å². The van der Waals surface area contributed by atoms with Crippen LogP contribution in [0.5, 0.6) is 0 Å². The second-order valence-electron chi connectivity index (χ2n) is 4.99. The minimum atomic E-state index is -0.309. The van der Waals surface area contributed by atoms with Crippen LogP contribution in [0.15, 0.2) is 29.2 Å². The number of rotatable bonds is 8. The van der Waals surface area contributed by atoms with Gasteiger partial charge in [0.05, 0.1) is 0 Å². The van der Waals surface area contributed by atoms with E-state index in [1.807, 2.05) is 38.1 Å². The number of carbonyl (C=O) groups is 1. The van der Waals surface area contributed by atoms with Crippen molar-refractivity contribution in [3.63, 3.8) is 0 Å². The molecule has 0 bridgehead atoms. The van der Waals surface area contributed by atoms with Gasteiger partial charge in [-0.15, -0.1) is 11.8 Å². The standard InChI is InChI=1S/C15H22ClNO2S/c1-3-15(2,9-10-18)17-14(19)8-11-20-13-6-4-12(16)5-7-13/h4-7,18H,3,8-11H2,1-2H3,(H,17,19). The molecule has 0 fully saturated rings. The molecule has 1 rings (SSSR count). The van der Waals surface area contributed by atoms with Crippen molar-refractivity contribution in [2.45, 2.75) is 43.5 Å². The van der Waals surface area contributed by atoms with Crippen LogP contribution < -0.4 is 5.32 Å². The summed E-state index contributed by atoms with van der Waals surface area (Å²) < 4.78 is 0. The summed E-state index contributed by atoms with van der Waals surface area (Å²) in [4.78, 5) is 13.0. The maximum atomic E-state index is 11.9. The molecule has 3 nitrogen and oxygen atoms in total. The molecule has 0 aliphatic heterocycles. The van der Waals surface area contributed by atoms with E-state index in [9.17, 15) is 4.79 Å². The Morgan fingerprint density at radius 2 is 2.05 bits per heavy atom. The van der Waals surface area contributed by atoms with Gasteiger partial charge in [0.2, 0.25) is 5.91 Å². The SMILES string of the molecule is CCC(C)(CCO)NC(=O)CCSc1ccc(Cl)cc1. The number of amides is 1. The molecule has 1 aromatic carbocycles. The zero-order valence-electron chi connectivity index (χ0n) is 12.0. The number of hydrogen-bond acceptors (Lipinski definition) is 3. The first kappa shape index (κ1) is 17.3. The summed E-state index contributed by atoms with van der Waals surface area (Å²) in [5.74, 6) is 0.760. The van der Waals surface area contributed by atoms with Crippen LogP contribution in [0.2, 0.25) is 5.02 Å². The normalized spacial score (nSPS) is 13.8. The summed E-state index contributed by atoms with van der Waals surface area (Å²) in [5.41, 5.74) is -0.309. The summed E-state index contributed by atoms with van der Waals surface area (Å²) in [6.07, 6.45) is 1.86. The molecule has 1 atom stereocenters. The van der Waals surface area contributed by atoms with Crippen molar-refractivity contribution >= 4 is 29.3 Å². The molecule has 5 heteroatoms. The highest BCUT2D eigenvalue weighted by molar-refractivity contribution is 7.99. The summed E-state index contributed by atoms with van der Waals surface area (Å²) in [5, 5.41) is 12.8. The van der Waals surface area contributed by atoms with Crippen molar-refractivity contribution in [3.05, 3.63) is 29.3 Å². The van der Waals surface area contributed by atoms with Crippen molar-refractivity contribution in [2.24, 2.45) is 0 Å².